The monoisotopic (exact) mass is 552 g/mol. The van der Waals surface area contributed by atoms with E-state index in [9.17, 15) is 9.65 Å². The second-order valence-corrected chi connectivity index (χ2v) is 10.0. The average molecular weight is 553 g/mol. The Balaban J connectivity index is 1.60. The van der Waals surface area contributed by atoms with E-state index in [1.54, 1.807) is 16.3 Å². The lowest BCUT2D eigenvalue weighted by Gasteiger charge is -2.18. The number of nitrogens with zero attached hydrogens (tertiary/aromatic N) is 6. The van der Waals surface area contributed by atoms with Crippen LogP contribution in [-0.4, -0.2) is 25.0 Å². The van der Waals surface area contributed by atoms with Gasteiger partial charge in [-0.05, 0) is 44.2 Å². The van der Waals surface area contributed by atoms with Crippen molar-refractivity contribution in [2.45, 2.75) is 25.9 Å². The number of hydrogen-bond donors (Lipinski definition) is 2. The fraction of sp³-hybridized carbons (Fsp3) is 0.160. The van der Waals surface area contributed by atoms with Crippen molar-refractivity contribution < 1.29 is 4.39 Å². The Morgan fingerprint density at radius 3 is 2.57 bits per heavy atom. The van der Waals surface area contributed by atoms with Crippen molar-refractivity contribution in [3.05, 3.63) is 86.4 Å². The molecule has 0 fully saturated rings. The predicted molar refractivity (Wildman–Crippen MR) is 144 cm³/mol. The Morgan fingerprint density at radius 2 is 1.89 bits per heavy atom. The average Bonchev–Trinajstić information content (AvgIpc) is 3.58. The van der Waals surface area contributed by atoms with E-state index in [1.807, 2.05) is 31.5 Å². The summed E-state index contributed by atoms with van der Waals surface area (Å²) in [7, 11) is 0. The van der Waals surface area contributed by atoms with Crippen LogP contribution in [0, 0.1) is 17.1 Å². The van der Waals surface area contributed by atoms with Gasteiger partial charge in [0.15, 0.2) is 0 Å². The van der Waals surface area contributed by atoms with Crippen molar-refractivity contribution in [1.29, 1.82) is 5.26 Å². The molecule has 0 amide bonds. The number of aromatic nitrogens is 5. The van der Waals surface area contributed by atoms with Crippen molar-refractivity contribution in [1.82, 2.24) is 25.0 Å². The molecular weight excluding hydrogens is 534 g/mol. The maximum absolute atomic E-state index is 13.7. The lowest BCUT2D eigenvalue weighted by atomic mass is 10.1. The first-order valence-corrected chi connectivity index (χ1v) is 12.8. The predicted octanol–water partition coefficient (Wildman–Crippen LogP) is 7.13. The number of halogens is 3. The van der Waals surface area contributed by atoms with Crippen LogP contribution in [0.3, 0.4) is 0 Å². The Hall–Kier alpha value is -3.78. The molecule has 5 rings (SSSR count). The van der Waals surface area contributed by atoms with Crippen LogP contribution in [0.2, 0.25) is 10.0 Å². The molecule has 2 aromatic carbocycles. The number of pyridine rings is 1. The first-order valence-electron chi connectivity index (χ1n) is 11.1. The molecule has 5 aromatic rings. The van der Waals surface area contributed by atoms with Gasteiger partial charge in [0.1, 0.15) is 23.6 Å². The summed E-state index contributed by atoms with van der Waals surface area (Å²) >= 11 is 14.1. The highest BCUT2D eigenvalue weighted by molar-refractivity contribution is 7.07. The zero-order valence-corrected chi connectivity index (χ0v) is 21.9. The highest BCUT2D eigenvalue weighted by Crippen LogP contribution is 2.37. The zero-order valence-electron chi connectivity index (χ0n) is 19.6. The number of thiazole rings is 1. The lowest BCUT2D eigenvalue weighted by Crippen LogP contribution is -2.13. The van der Waals surface area contributed by atoms with E-state index in [0.29, 0.717) is 38.7 Å². The minimum absolute atomic E-state index is 0.0391. The molecule has 2 N–H and O–H groups in total. The summed E-state index contributed by atoms with van der Waals surface area (Å²) in [5, 5.41) is 27.9. The van der Waals surface area contributed by atoms with Gasteiger partial charge in [-0.3, -0.25) is 4.98 Å². The first-order chi connectivity index (χ1) is 17.8. The molecule has 0 unspecified atom stereocenters. The standard InChI is InChI=1S/C25H19Cl2FN8S/c1-13(2)36-10-21(34-35-36)25(22-11-37-12-31-22)33-16-5-17-23(32-15-3-4-20(28)18(26)6-15)14(8-29)9-30-24(17)19(27)7-16/h3-7,9-13,25,33H,1-2H3,(H,30,32)/t25-/m1/s1. The highest BCUT2D eigenvalue weighted by Gasteiger charge is 2.22. The number of anilines is 3. The van der Waals surface area contributed by atoms with Gasteiger partial charge in [-0.1, -0.05) is 28.4 Å². The molecule has 3 heterocycles. The number of hydrogen-bond acceptors (Lipinski definition) is 8. The molecule has 0 spiro atoms. The lowest BCUT2D eigenvalue weighted by molar-refractivity contribution is 0.514. The van der Waals surface area contributed by atoms with Gasteiger partial charge in [0.25, 0.3) is 0 Å². The van der Waals surface area contributed by atoms with Crippen LogP contribution < -0.4 is 10.6 Å². The van der Waals surface area contributed by atoms with Crippen molar-refractivity contribution >= 4 is 62.5 Å². The third kappa shape index (κ3) is 5.06. The fourth-order valence-electron chi connectivity index (χ4n) is 3.79. The van der Waals surface area contributed by atoms with E-state index in [2.05, 4.69) is 37.0 Å². The maximum atomic E-state index is 13.7. The van der Waals surface area contributed by atoms with Crippen molar-refractivity contribution in [2.24, 2.45) is 0 Å². The number of fused-ring (bicyclic) bond motifs is 1. The fourth-order valence-corrected chi connectivity index (χ4v) is 4.81. The summed E-state index contributed by atoms with van der Waals surface area (Å²) < 4.78 is 15.5. The molecule has 0 saturated carbocycles. The van der Waals surface area contributed by atoms with Crippen LogP contribution >= 0.6 is 34.5 Å². The summed E-state index contributed by atoms with van der Waals surface area (Å²) in [5.41, 5.74) is 5.65. The molecule has 0 aliphatic heterocycles. The molecule has 12 heteroatoms. The van der Waals surface area contributed by atoms with E-state index in [1.165, 1.54) is 35.7 Å². The van der Waals surface area contributed by atoms with Crippen LogP contribution in [-0.2, 0) is 0 Å². The van der Waals surface area contributed by atoms with Gasteiger partial charge in [0, 0.05) is 34.4 Å². The molecule has 37 heavy (non-hydrogen) atoms. The van der Waals surface area contributed by atoms with Gasteiger partial charge in [0.05, 0.1) is 44.2 Å². The smallest absolute Gasteiger partial charge is 0.141 e. The quantitative estimate of drug-likeness (QED) is 0.221. The number of nitriles is 1. The van der Waals surface area contributed by atoms with Crippen LogP contribution in [0.5, 0.6) is 0 Å². The largest absolute Gasteiger partial charge is 0.371 e. The van der Waals surface area contributed by atoms with E-state index >= 15 is 0 Å². The van der Waals surface area contributed by atoms with Crippen LogP contribution in [0.4, 0.5) is 21.5 Å². The van der Waals surface area contributed by atoms with Gasteiger partial charge >= 0.3 is 0 Å². The molecule has 0 aliphatic rings. The third-order valence-electron chi connectivity index (χ3n) is 5.65. The zero-order chi connectivity index (χ0) is 26.1. The summed E-state index contributed by atoms with van der Waals surface area (Å²) in [5.74, 6) is -0.538. The Morgan fingerprint density at radius 1 is 1.08 bits per heavy atom. The second-order valence-electron chi connectivity index (χ2n) is 8.47. The molecular formula is C25H19Cl2FN8S. The van der Waals surface area contributed by atoms with E-state index < -0.39 is 11.9 Å². The van der Waals surface area contributed by atoms with E-state index in [4.69, 9.17) is 23.2 Å². The normalized spacial score (nSPS) is 12.0. The molecule has 0 radical (unpaired) electrons. The summed E-state index contributed by atoms with van der Waals surface area (Å²) in [6.07, 6.45) is 3.32. The SMILES string of the molecule is CC(C)n1cc([C@@H](Nc2cc(Cl)c3ncc(C#N)c(Nc4ccc(F)c(Cl)c4)c3c2)c2cscn2)nn1. The van der Waals surface area contributed by atoms with Gasteiger partial charge in [-0.25, -0.2) is 14.1 Å². The number of benzene rings is 2. The molecule has 0 bridgehead atoms. The Bertz CT molecular complexity index is 1630. The van der Waals surface area contributed by atoms with Crippen molar-refractivity contribution in [3.8, 4) is 6.07 Å². The van der Waals surface area contributed by atoms with Crippen LogP contribution in [0.1, 0.15) is 42.9 Å². The van der Waals surface area contributed by atoms with Gasteiger partial charge in [0.2, 0.25) is 0 Å². The minimum Gasteiger partial charge on any atom is -0.371 e. The number of nitrogens with one attached hydrogen (secondary N) is 2. The van der Waals surface area contributed by atoms with Gasteiger partial charge < -0.3 is 10.6 Å². The summed E-state index contributed by atoms with van der Waals surface area (Å²) in [6.45, 7) is 4.05. The van der Waals surface area contributed by atoms with Gasteiger partial charge in [-0.2, -0.15) is 5.26 Å². The Kier molecular flexibility index (Phi) is 6.93. The van der Waals surface area contributed by atoms with Gasteiger partial charge in [-0.15, -0.1) is 16.4 Å². The molecule has 8 nitrogen and oxygen atoms in total. The Labute approximate surface area is 225 Å². The maximum Gasteiger partial charge on any atom is 0.141 e. The van der Waals surface area contributed by atoms with E-state index in [-0.39, 0.29) is 16.6 Å². The van der Waals surface area contributed by atoms with Crippen LogP contribution in [0.15, 0.2) is 53.6 Å². The first kappa shape index (κ1) is 24.9. The molecule has 0 saturated heterocycles. The minimum atomic E-state index is -0.538. The van der Waals surface area contributed by atoms with Crippen LogP contribution in [0.25, 0.3) is 10.9 Å². The third-order valence-corrected chi connectivity index (χ3v) is 6.83. The summed E-state index contributed by atoms with van der Waals surface area (Å²) in [6, 6.07) is 9.74. The molecule has 1 atom stereocenters. The molecule has 186 valence electrons. The van der Waals surface area contributed by atoms with E-state index in [0.717, 1.165) is 5.69 Å². The topological polar surface area (TPSA) is 104 Å². The molecule has 0 aliphatic carbocycles. The summed E-state index contributed by atoms with van der Waals surface area (Å²) in [4.78, 5) is 8.87. The second kappa shape index (κ2) is 10.3. The van der Waals surface area contributed by atoms with Crippen molar-refractivity contribution in [3.63, 3.8) is 0 Å². The highest BCUT2D eigenvalue weighted by atomic mass is 35.5. The van der Waals surface area contributed by atoms with Crippen molar-refractivity contribution in [2.75, 3.05) is 10.6 Å². The molecule has 3 aromatic heterocycles. The number of rotatable bonds is 7.